The van der Waals surface area contributed by atoms with Crippen molar-refractivity contribution in [2.45, 2.75) is 162 Å². The van der Waals surface area contributed by atoms with Crippen LogP contribution in [0.3, 0.4) is 0 Å². The van der Waals surface area contributed by atoms with Crippen LogP contribution in [-0.4, -0.2) is 41.4 Å². The van der Waals surface area contributed by atoms with Crippen molar-refractivity contribution in [3.8, 4) is 0 Å². The van der Waals surface area contributed by atoms with Crippen molar-refractivity contribution < 1.29 is 14.7 Å². The van der Waals surface area contributed by atoms with Crippen molar-refractivity contribution in [2.24, 2.45) is 40.4 Å². The summed E-state index contributed by atoms with van der Waals surface area (Å²) in [4.78, 5) is 26.6. The van der Waals surface area contributed by atoms with Crippen molar-refractivity contribution in [1.29, 1.82) is 0 Å². The summed E-state index contributed by atoms with van der Waals surface area (Å²) in [5.41, 5.74) is 0.480. The fraction of sp³-hybridized carbons (Fsp3) is 0.944. The Morgan fingerprint density at radius 2 is 1.52 bits per heavy atom. The van der Waals surface area contributed by atoms with Gasteiger partial charge in [0.1, 0.15) is 5.78 Å². The highest BCUT2D eigenvalue weighted by atomic mass is 16.3. The first-order chi connectivity index (χ1) is 19.2. The standard InChI is InChI=1S/C36H63NO3/c1-5-6-24-37(4)33(40)17-15-13-11-9-7-8-10-12-14-16-27-25-28-26-29(38)20-22-35(28,2)31-21-23-36(3)30(34(27)31)18-19-32(36)39/h27-28,30-32,34,39H,5-26H2,1-4H3/t27?,28?,30-,31+,32?,34-,35-,36-/m0/s1. The van der Waals surface area contributed by atoms with Gasteiger partial charge in [-0.3, -0.25) is 9.59 Å². The maximum absolute atomic E-state index is 12.5. The zero-order valence-electron chi connectivity index (χ0n) is 26.7. The number of carbonyl (C=O) groups excluding carboxylic acids is 2. The lowest BCUT2D eigenvalue weighted by Gasteiger charge is -2.62. The second-order valence-corrected chi connectivity index (χ2v) is 15.3. The lowest BCUT2D eigenvalue weighted by atomic mass is 9.42. The molecule has 0 bridgehead atoms. The first-order valence-corrected chi connectivity index (χ1v) is 17.6. The maximum Gasteiger partial charge on any atom is 0.222 e. The Labute approximate surface area is 246 Å². The third-order valence-electron chi connectivity index (χ3n) is 12.8. The number of unbranched alkanes of at least 4 members (excludes halogenated alkanes) is 9. The SMILES string of the molecule is CCCCN(C)C(=O)CCCCCCCCCCCC1CC2CC(=O)CC[C@]2(C)[C@@H]2CC[C@]3(C)C(O)CC[C@H]3[C@H]12. The van der Waals surface area contributed by atoms with Crippen molar-refractivity contribution in [1.82, 2.24) is 4.90 Å². The quantitative estimate of drug-likeness (QED) is 0.205. The molecule has 4 saturated carbocycles. The molecule has 4 heteroatoms. The molecule has 0 radical (unpaired) electrons. The Morgan fingerprint density at radius 3 is 2.23 bits per heavy atom. The molecule has 1 amide bonds. The highest BCUT2D eigenvalue weighted by molar-refractivity contribution is 5.79. The van der Waals surface area contributed by atoms with Gasteiger partial charge in [-0.1, -0.05) is 85.0 Å². The number of aliphatic hydroxyl groups is 1. The van der Waals surface area contributed by atoms with E-state index in [1.807, 2.05) is 11.9 Å². The summed E-state index contributed by atoms with van der Waals surface area (Å²) in [5, 5.41) is 11.0. The minimum Gasteiger partial charge on any atom is -0.393 e. The van der Waals surface area contributed by atoms with Crippen LogP contribution in [0.15, 0.2) is 0 Å². The second-order valence-electron chi connectivity index (χ2n) is 15.3. The van der Waals surface area contributed by atoms with Gasteiger partial charge in [0.15, 0.2) is 0 Å². The number of fused-ring (bicyclic) bond motifs is 5. The van der Waals surface area contributed by atoms with E-state index < -0.39 is 0 Å². The number of ketones is 1. The summed E-state index contributed by atoms with van der Waals surface area (Å²) in [5.74, 6) is 4.41. The third kappa shape index (κ3) is 7.17. The number of nitrogens with zero attached hydrogens (tertiary/aromatic N) is 1. The summed E-state index contributed by atoms with van der Waals surface area (Å²) in [7, 11) is 1.95. The lowest BCUT2D eigenvalue weighted by molar-refractivity contribution is -0.156. The number of hydrogen-bond acceptors (Lipinski definition) is 3. The molecule has 4 aliphatic carbocycles. The van der Waals surface area contributed by atoms with Gasteiger partial charge < -0.3 is 10.0 Å². The normalized spacial score (nSPS) is 37.1. The van der Waals surface area contributed by atoms with E-state index >= 15 is 0 Å². The van der Waals surface area contributed by atoms with Crippen LogP contribution in [0.4, 0.5) is 0 Å². The molecule has 0 aromatic carbocycles. The number of Topliss-reactive ketones (excluding diaryl/α,β-unsaturated/α-hetero) is 1. The van der Waals surface area contributed by atoms with Crippen LogP contribution in [0.5, 0.6) is 0 Å². The van der Waals surface area contributed by atoms with Gasteiger partial charge in [-0.05, 0) is 91.8 Å². The Kier molecular flexibility index (Phi) is 11.6. The molecule has 4 fully saturated rings. The van der Waals surface area contributed by atoms with Crippen molar-refractivity contribution in [3.63, 3.8) is 0 Å². The predicted molar refractivity (Wildman–Crippen MR) is 165 cm³/mol. The molecular weight excluding hydrogens is 494 g/mol. The number of amides is 1. The van der Waals surface area contributed by atoms with Crippen LogP contribution >= 0.6 is 0 Å². The maximum atomic E-state index is 12.5. The van der Waals surface area contributed by atoms with E-state index in [0.29, 0.717) is 28.9 Å². The smallest absolute Gasteiger partial charge is 0.222 e. The van der Waals surface area contributed by atoms with E-state index in [-0.39, 0.29) is 11.5 Å². The highest BCUT2D eigenvalue weighted by Crippen LogP contribution is 2.67. The zero-order valence-corrected chi connectivity index (χ0v) is 26.7. The minimum absolute atomic E-state index is 0.106. The fourth-order valence-electron chi connectivity index (χ4n) is 10.1. The van der Waals surface area contributed by atoms with Crippen LogP contribution in [0, 0.1) is 40.4 Å². The molecule has 4 nitrogen and oxygen atoms in total. The summed E-state index contributed by atoms with van der Waals surface area (Å²) in [6.45, 7) is 8.04. The summed E-state index contributed by atoms with van der Waals surface area (Å²) in [6.07, 6.45) is 24.4. The molecule has 0 aromatic heterocycles. The first-order valence-electron chi connectivity index (χ1n) is 17.6. The molecule has 0 aromatic rings. The van der Waals surface area contributed by atoms with E-state index in [9.17, 15) is 14.7 Å². The van der Waals surface area contributed by atoms with E-state index in [0.717, 1.165) is 75.7 Å². The average molecular weight is 558 g/mol. The van der Waals surface area contributed by atoms with Gasteiger partial charge in [-0.15, -0.1) is 0 Å². The van der Waals surface area contributed by atoms with Crippen molar-refractivity contribution in [2.75, 3.05) is 13.6 Å². The highest BCUT2D eigenvalue weighted by Gasteiger charge is 2.62. The lowest BCUT2D eigenvalue weighted by Crippen LogP contribution is -2.57. The largest absolute Gasteiger partial charge is 0.393 e. The Hall–Kier alpha value is -0.900. The number of hydrogen-bond donors (Lipinski definition) is 1. The van der Waals surface area contributed by atoms with E-state index in [1.165, 1.54) is 83.5 Å². The molecule has 0 saturated heterocycles. The number of carbonyl (C=O) groups is 2. The molecule has 1 N–H and O–H groups in total. The number of rotatable bonds is 15. The third-order valence-corrected chi connectivity index (χ3v) is 12.8. The Bertz CT molecular complexity index is 827. The van der Waals surface area contributed by atoms with E-state index in [4.69, 9.17) is 0 Å². The van der Waals surface area contributed by atoms with Crippen LogP contribution in [0.2, 0.25) is 0 Å². The summed E-state index contributed by atoms with van der Waals surface area (Å²) >= 11 is 0. The summed E-state index contributed by atoms with van der Waals surface area (Å²) < 4.78 is 0. The predicted octanol–water partition coefficient (Wildman–Crippen LogP) is 8.73. The average Bonchev–Trinajstić information content (AvgIpc) is 3.24. The fourth-order valence-corrected chi connectivity index (χ4v) is 10.1. The second kappa shape index (κ2) is 14.5. The van der Waals surface area contributed by atoms with Gasteiger partial charge in [-0.2, -0.15) is 0 Å². The Morgan fingerprint density at radius 1 is 0.875 bits per heavy atom. The molecule has 0 spiro atoms. The van der Waals surface area contributed by atoms with Gasteiger partial charge in [0.05, 0.1) is 6.10 Å². The molecular formula is C36H63NO3. The van der Waals surface area contributed by atoms with E-state index in [1.54, 1.807) is 0 Å². The first kappa shape index (κ1) is 32.0. The van der Waals surface area contributed by atoms with Gasteiger partial charge in [0.2, 0.25) is 5.91 Å². The zero-order chi connectivity index (χ0) is 28.8. The molecule has 3 unspecified atom stereocenters. The van der Waals surface area contributed by atoms with Gasteiger partial charge >= 0.3 is 0 Å². The molecule has 4 aliphatic rings. The molecule has 0 heterocycles. The van der Waals surface area contributed by atoms with E-state index in [2.05, 4.69) is 20.8 Å². The Balaban J connectivity index is 1.16. The van der Waals surface area contributed by atoms with Gasteiger partial charge in [0.25, 0.3) is 0 Å². The summed E-state index contributed by atoms with van der Waals surface area (Å²) in [6, 6.07) is 0. The molecule has 40 heavy (non-hydrogen) atoms. The topological polar surface area (TPSA) is 57.6 Å². The monoisotopic (exact) mass is 557 g/mol. The molecule has 0 aliphatic heterocycles. The number of aliphatic hydroxyl groups excluding tert-OH is 1. The van der Waals surface area contributed by atoms with Crippen molar-refractivity contribution >= 4 is 11.7 Å². The minimum atomic E-state index is -0.106. The van der Waals surface area contributed by atoms with Gasteiger partial charge in [-0.25, -0.2) is 0 Å². The van der Waals surface area contributed by atoms with Crippen molar-refractivity contribution in [3.05, 3.63) is 0 Å². The molecule has 8 atom stereocenters. The van der Waals surface area contributed by atoms with Crippen LogP contribution in [0.1, 0.15) is 156 Å². The molecule has 4 rings (SSSR count). The van der Waals surface area contributed by atoms with Crippen LogP contribution in [-0.2, 0) is 9.59 Å². The van der Waals surface area contributed by atoms with Crippen LogP contribution < -0.4 is 0 Å². The van der Waals surface area contributed by atoms with Crippen LogP contribution in [0.25, 0.3) is 0 Å². The molecule has 230 valence electrons. The van der Waals surface area contributed by atoms with Gasteiger partial charge in [0, 0.05) is 32.9 Å².